The van der Waals surface area contributed by atoms with Crippen molar-refractivity contribution in [2.24, 2.45) is 5.73 Å². The quantitative estimate of drug-likeness (QED) is 0.642. The average Bonchev–Trinajstić information content (AvgIpc) is 2.49. The first-order valence-electron chi connectivity index (χ1n) is 4.88. The highest BCUT2D eigenvalue weighted by Crippen LogP contribution is 2.15. The van der Waals surface area contributed by atoms with E-state index in [1.807, 2.05) is 6.92 Å². The van der Waals surface area contributed by atoms with Gasteiger partial charge in [0.15, 0.2) is 0 Å². The lowest BCUT2D eigenvalue weighted by molar-refractivity contribution is -0.0233. The molecule has 13 heavy (non-hydrogen) atoms. The van der Waals surface area contributed by atoms with Gasteiger partial charge in [-0.1, -0.05) is 0 Å². The van der Waals surface area contributed by atoms with Crippen LogP contribution in [0.5, 0.6) is 0 Å². The van der Waals surface area contributed by atoms with Gasteiger partial charge in [0, 0.05) is 39.9 Å². The van der Waals surface area contributed by atoms with Crippen molar-refractivity contribution in [3.63, 3.8) is 0 Å². The van der Waals surface area contributed by atoms with Crippen molar-refractivity contribution in [2.75, 3.05) is 39.9 Å². The SMILES string of the molecule is CCOC1CN(CCN)CC1OC. The Hall–Kier alpha value is -0.160. The monoisotopic (exact) mass is 188 g/mol. The Morgan fingerprint density at radius 2 is 2.08 bits per heavy atom. The van der Waals surface area contributed by atoms with Crippen LogP contribution in [0.15, 0.2) is 0 Å². The highest BCUT2D eigenvalue weighted by atomic mass is 16.5. The van der Waals surface area contributed by atoms with Crippen molar-refractivity contribution in [3.05, 3.63) is 0 Å². The van der Waals surface area contributed by atoms with Gasteiger partial charge in [0.2, 0.25) is 0 Å². The third-order valence-corrected chi connectivity index (χ3v) is 2.42. The van der Waals surface area contributed by atoms with Gasteiger partial charge in [-0.15, -0.1) is 0 Å². The fourth-order valence-electron chi connectivity index (χ4n) is 1.78. The molecule has 2 unspecified atom stereocenters. The molecule has 4 heteroatoms. The van der Waals surface area contributed by atoms with E-state index in [4.69, 9.17) is 15.2 Å². The molecule has 1 saturated heterocycles. The molecular formula is C9H20N2O2. The number of methoxy groups -OCH3 is 1. The fraction of sp³-hybridized carbons (Fsp3) is 1.00. The molecule has 1 aliphatic rings. The lowest BCUT2D eigenvalue weighted by Gasteiger charge is -2.16. The van der Waals surface area contributed by atoms with E-state index in [1.54, 1.807) is 7.11 Å². The second kappa shape index (κ2) is 5.54. The summed E-state index contributed by atoms with van der Waals surface area (Å²) in [6.07, 6.45) is 0.438. The first-order valence-corrected chi connectivity index (χ1v) is 4.88. The highest BCUT2D eigenvalue weighted by Gasteiger charge is 2.32. The Kier molecular flexibility index (Phi) is 4.66. The third kappa shape index (κ3) is 2.91. The first kappa shape index (κ1) is 10.9. The van der Waals surface area contributed by atoms with E-state index in [1.165, 1.54) is 0 Å². The number of likely N-dealkylation sites (tertiary alicyclic amines) is 1. The molecule has 0 aromatic carbocycles. The maximum absolute atomic E-state index is 5.58. The zero-order valence-electron chi connectivity index (χ0n) is 8.53. The molecule has 1 fully saturated rings. The van der Waals surface area contributed by atoms with Crippen LogP contribution in [0.3, 0.4) is 0 Å². The second-order valence-electron chi connectivity index (χ2n) is 3.32. The molecular weight excluding hydrogens is 168 g/mol. The molecule has 4 nitrogen and oxygen atoms in total. The molecule has 0 spiro atoms. The molecule has 0 saturated carbocycles. The summed E-state index contributed by atoms with van der Waals surface area (Å²) in [5.74, 6) is 0. The molecule has 0 radical (unpaired) electrons. The molecule has 0 amide bonds. The summed E-state index contributed by atoms with van der Waals surface area (Å²) in [5.41, 5.74) is 5.49. The Balaban J connectivity index is 2.36. The van der Waals surface area contributed by atoms with Gasteiger partial charge in [0.1, 0.15) is 0 Å². The number of hydrogen-bond acceptors (Lipinski definition) is 4. The van der Waals surface area contributed by atoms with Crippen LogP contribution < -0.4 is 5.73 Å². The minimum Gasteiger partial charge on any atom is -0.377 e. The van der Waals surface area contributed by atoms with Gasteiger partial charge in [0.05, 0.1) is 12.2 Å². The molecule has 0 bridgehead atoms. The summed E-state index contributed by atoms with van der Waals surface area (Å²) in [5, 5.41) is 0. The molecule has 0 aromatic heterocycles. The molecule has 1 heterocycles. The van der Waals surface area contributed by atoms with Crippen LogP contribution in [0.25, 0.3) is 0 Å². The summed E-state index contributed by atoms with van der Waals surface area (Å²) in [4.78, 5) is 2.29. The van der Waals surface area contributed by atoms with E-state index in [0.717, 1.165) is 26.2 Å². The third-order valence-electron chi connectivity index (χ3n) is 2.42. The standard InChI is InChI=1S/C9H20N2O2/c1-3-13-9-7-11(5-4-10)6-8(9)12-2/h8-9H,3-7,10H2,1-2H3. The Morgan fingerprint density at radius 1 is 1.38 bits per heavy atom. The summed E-state index contributed by atoms with van der Waals surface area (Å²) < 4.78 is 10.9. The van der Waals surface area contributed by atoms with Gasteiger partial charge >= 0.3 is 0 Å². The zero-order valence-corrected chi connectivity index (χ0v) is 8.53. The zero-order chi connectivity index (χ0) is 9.68. The predicted octanol–water partition coefficient (Wildman–Crippen LogP) is -0.319. The van der Waals surface area contributed by atoms with Crippen LogP contribution in [0.1, 0.15) is 6.92 Å². The summed E-state index contributed by atoms with van der Waals surface area (Å²) in [6.45, 7) is 6.29. The molecule has 0 aliphatic carbocycles. The number of hydrogen-bond donors (Lipinski definition) is 1. The molecule has 1 rings (SSSR count). The minimum atomic E-state index is 0.214. The maximum Gasteiger partial charge on any atom is 0.0975 e. The van der Waals surface area contributed by atoms with Crippen molar-refractivity contribution in [2.45, 2.75) is 19.1 Å². The smallest absolute Gasteiger partial charge is 0.0975 e. The lowest BCUT2D eigenvalue weighted by Crippen LogP contribution is -2.28. The van der Waals surface area contributed by atoms with E-state index >= 15 is 0 Å². The predicted molar refractivity (Wildman–Crippen MR) is 51.7 cm³/mol. The van der Waals surface area contributed by atoms with Crippen LogP contribution in [-0.4, -0.2) is 57.0 Å². The Morgan fingerprint density at radius 3 is 2.62 bits per heavy atom. The van der Waals surface area contributed by atoms with Gasteiger partial charge in [-0.3, -0.25) is 4.90 Å². The normalized spacial score (nSPS) is 29.8. The van der Waals surface area contributed by atoms with Crippen LogP contribution in [0.2, 0.25) is 0 Å². The number of rotatable bonds is 5. The molecule has 78 valence electrons. The number of nitrogens with two attached hydrogens (primary N) is 1. The topological polar surface area (TPSA) is 47.7 Å². The van der Waals surface area contributed by atoms with Gasteiger partial charge in [-0.25, -0.2) is 0 Å². The summed E-state index contributed by atoms with van der Waals surface area (Å²) in [7, 11) is 1.74. The van der Waals surface area contributed by atoms with Crippen molar-refractivity contribution >= 4 is 0 Å². The highest BCUT2D eigenvalue weighted by molar-refractivity contribution is 4.85. The second-order valence-corrected chi connectivity index (χ2v) is 3.32. The fourth-order valence-corrected chi connectivity index (χ4v) is 1.78. The maximum atomic E-state index is 5.58. The van der Waals surface area contributed by atoms with E-state index < -0.39 is 0 Å². The van der Waals surface area contributed by atoms with Gasteiger partial charge < -0.3 is 15.2 Å². The molecule has 2 N–H and O–H groups in total. The van der Waals surface area contributed by atoms with Crippen molar-refractivity contribution in [1.82, 2.24) is 4.90 Å². The Bertz CT molecular complexity index is 144. The minimum absolute atomic E-state index is 0.214. The Labute approximate surface area is 80.0 Å². The average molecular weight is 188 g/mol. The van der Waals surface area contributed by atoms with Crippen molar-refractivity contribution < 1.29 is 9.47 Å². The summed E-state index contributed by atoms with van der Waals surface area (Å²) >= 11 is 0. The van der Waals surface area contributed by atoms with E-state index in [0.29, 0.717) is 6.54 Å². The largest absolute Gasteiger partial charge is 0.377 e. The van der Waals surface area contributed by atoms with E-state index in [2.05, 4.69) is 4.90 Å². The van der Waals surface area contributed by atoms with Crippen molar-refractivity contribution in [3.8, 4) is 0 Å². The molecule has 2 atom stereocenters. The molecule has 1 aliphatic heterocycles. The van der Waals surface area contributed by atoms with Gasteiger partial charge in [-0.05, 0) is 6.92 Å². The van der Waals surface area contributed by atoms with Crippen LogP contribution in [0.4, 0.5) is 0 Å². The van der Waals surface area contributed by atoms with E-state index in [9.17, 15) is 0 Å². The van der Waals surface area contributed by atoms with Crippen LogP contribution in [-0.2, 0) is 9.47 Å². The van der Waals surface area contributed by atoms with E-state index in [-0.39, 0.29) is 12.2 Å². The number of nitrogens with zero attached hydrogens (tertiary/aromatic N) is 1. The van der Waals surface area contributed by atoms with Crippen LogP contribution in [0, 0.1) is 0 Å². The van der Waals surface area contributed by atoms with Crippen molar-refractivity contribution in [1.29, 1.82) is 0 Å². The number of ether oxygens (including phenoxy) is 2. The van der Waals surface area contributed by atoms with Gasteiger partial charge in [0.25, 0.3) is 0 Å². The lowest BCUT2D eigenvalue weighted by atomic mass is 10.2. The first-order chi connectivity index (χ1) is 6.31. The van der Waals surface area contributed by atoms with Crippen LogP contribution >= 0.6 is 0 Å². The van der Waals surface area contributed by atoms with Gasteiger partial charge in [-0.2, -0.15) is 0 Å². The molecule has 0 aromatic rings. The summed E-state index contributed by atoms with van der Waals surface area (Å²) in [6, 6.07) is 0.